The first-order chi connectivity index (χ1) is 13.6. The summed E-state index contributed by atoms with van der Waals surface area (Å²) in [6, 6.07) is 15.5. The van der Waals surface area contributed by atoms with E-state index in [0.717, 1.165) is 21.7 Å². The number of methoxy groups -OCH3 is 1. The van der Waals surface area contributed by atoms with Crippen LogP contribution < -0.4 is 10.1 Å². The summed E-state index contributed by atoms with van der Waals surface area (Å²) in [5, 5.41) is 4.99. The fourth-order valence-corrected chi connectivity index (χ4v) is 4.86. The molecule has 4 rings (SSSR count). The van der Waals surface area contributed by atoms with E-state index >= 15 is 0 Å². The zero-order valence-electron chi connectivity index (χ0n) is 15.6. The molecule has 2 heterocycles. The van der Waals surface area contributed by atoms with Gasteiger partial charge in [0.05, 0.1) is 29.1 Å². The number of carbonyl (C=O) groups excluding carboxylic acids is 1. The van der Waals surface area contributed by atoms with Crippen molar-refractivity contribution in [3.63, 3.8) is 0 Å². The highest BCUT2D eigenvalue weighted by Crippen LogP contribution is 2.31. The summed E-state index contributed by atoms with van der Waals surface area (Å²) in [4.78, 5) is 16.9. The molecule has 0 spiro atoms. The van der Waals surface area contributed by atoms with Gasteiger partial charge in [0.1, 0.15) is 10.8 Å². The van der Waals surface area contributed by atoms with Crippen LogP contribution in [0.25, 0.3) is 21.2 Å². The smallest absolute Gasteiger partial charge is 0.230 e. The van der Waals surface area contributed by atoms with Crippen molar-refractivity contribution >= 4 is 50.2 Å². The van der Waals surface area contributed by atoms with Gasteiger partial charge in [0, 0.05) is 11.1 Å². The molecule has 0 aliphatic rings. The number of nitrogens with one attached hydrogen (secondary N) is 1. The van der Waals surface area contributed by atoms with Crippen LogP contribution in [0.1, 0.15) is 23.7 Å². The average Bonchev–Trinajstić information content (AvgIpc) is 3.31. The Balaban J connectivity index is 1.33. The van der Waals surface area contributed by atoms with E-state index in [2.05, 4.69) is 16.4 Å². The Morgan fingerprint density at radius 3 is 2.96 bits per heavy atom. The van der Waals surface area contributed by atoms with Gasteiger partial charge in [0.25, 0.3) is 0 Å². The third-order valence-electron chi connectivity index (χ3n) is 4.35. The molecule has 28 heavy (non-hydrogen) atoms. The van der Waals surface area contributed by atoms with E-state index in [-0.39, 0.29) is 11.9 Å². The number of nitrogens with zero attached hydrogens (tertiary/aromatic N) is 1. The fourth-order valence-electron chi connectivity index (χ4n) is 3.00. The Bertz CT molecular complexity index is 1090. The standard InChI is InChI=1S/C21H20N2O3S2/c1-13(17-10-14-6-5-8-16(25-2)21(14)26-17)22-19(24)11-27-12-20-23-15-7-3-4-9-18(15)28-20/h3-10,13H,11-12H2,1-2H3,(H,22,24). The van der Waals surface area contributed by atoms with Crippen molar-refractivity contribution in [3.05, 3.63) is 59.3 Å². The van der Waals surface area contributed by atoms with E-state index in [0.29, 0.717) is 22.8 Å². The molecule has 0 aliphatic carbocycles. The van der Waals surface area contributed by atoms with Crippen molar-refractivity contribution < 1.29 is 13.9 Å². The molecule has 144 valence electrons. The van der Waals surface area contributed by atoms with Gasteiger partial charge in [0.2, 0.25) is 5.91 Å². The number of thiazole rings is 1. The molecule has 0 aliphatic heterocycles. The number of benzene rings is 2. The lowest BCUT2D eigenvalue weighted by molar-refractivity contribution is -0.119. The summed E-state index contributed by atoms with van der Waals surface area (Å²) >= 11 is 3.24. The van der Waals surface area contributed by atoms with Gasteiger partial charge in [0.15, 0.2) is 11.3 Å². The van der Waals surface area contributed by atoms with Crippen LogP contribution in [0.4, 0.5) is 0 Å². The molecule has 0 saturated heterocycles. The van der Waals surface area contributed by atoms with Crippen LogP contribution in [0, 0.1) is 0 Å². The van der Waals surface area contributed by atoms with Gasteiger partial charge in [-0.15, -0.1) is 23.1 Å². The SMILES string of the molecule is COc1cccc2cc(C(C)NC(=O)CSCc3nc4ccccc4s3)oc12. The summed E-state index contributed by atoms with van der Waals surface area (Å²) < 4.78 is 12.4. The molecular formula is C21H20N2O3S2. The van der Waals surface area contributed by atoms with Crippen LogP contribution >= 0.6 is 23.1 Å². The monoisotopic (exact) mass is 412 g/mol. The molecule has 7 heteroatoms. The second kappa shape index (κ2) is 8.24. The molecule has 2 aromatic heterocycles. The highest BCUT2D eigenvalue weighted by Gasteiger charge is 2.16. The zero-order chi connectivity index (χ0) is 19.5. The minimum atomic E-state index is -0.215. The van der Waals surface area contributed by atoms with Gasteiger partial charge in [-0.1, -0.05) is 24.3 Å². The first-order valence-corrected chi connectivity index (χ1v) is 10.9. The van der Waals surface area contributed by atoms with Gasteiger partial charge >= 0.3 is 0 Å². The molecule has 5 nitrogen and oxygen atoms in total. The second-order valence-corrected chi connectivity index (χ2v) is 8.49. The second-order valence-electron chi connectivity index (χ2n) is 6.38. The predicted octanol–water partition coefficient (Wildman–Crippen LogP) is 5.16. The van der Waals surface area contributed by atoms with Crippen molar-refractivity contribution in [2.75, 3.05) is 12.9 Å². The van der Waals surface area contributed by atoms with Crippen molar-refractivity contribution in [3.8, 4) is 5.75 Å². The van der Waals surface area contributed by atoms with Gasteiger partial charge in [-0.2, -0.15) is 0 Å². The Morgan fingerprint density at radius 1 is 1.29 bits per heavy atom. The maximum absolute atomic E-state index is 12.3. The third-order valence-corrected chi connectivity index (χ3v) is 6.51. The summed E-state index contributed by atoms with van der Waals surface area (Å²) in [5.74, 6) is 2.48. The van der Waals surface area contributed by atoms with Crippen LogP contribution in [0.15, 0.2) is 52.9 Å². The topological polar surface area (TPSA) is 64.4 Å². The van der Waals surface area contributed by atoms with Gasteiger partial charge < -0.3 is 14.5 Å². The number of aromatic nitrogens is 1. The molecule has 1 N–H and O–H groups in total. The van der Waals surface area contributed by atoms with E-state index < -0.39 is 0 Å². The predicted molar refractivity (Wildman–Crippen MR) is 115 cm³/mol. The Labute approximate surface area is 171 Å². The van der Waals surface area contributed by atoms with E-state index in [4.69, 9.17) is 9.15 Å². The zero-order valence-corrected chi connectivity index (χ0v) is 17.2. The number of hydrogen-bond donors (Lipinski definition) is 1. The summed E-state index contributed by atoms with van der Waals surface area (Å²) in [7, 11) is 1.62. The van der Waals surface area contributed by atoms with E-state index in [1.54, 1.807) is 30.2 Å². The van der Waals surface area contributed by atoms with Gasteiger partial charge in [-0.3, -0.25) is 4.79 Å². The molecule has 0 saturated carbocycles. The number of carbonyl (C=O) groups is 1. The van der Waals surface area contributed by atoms with Crippen LogP contribution in [-0.4, -0.2) is 23.8 Å². The number of furan rings is 1. The molecule has 1 atom stereocenters. The molecule has 1 amide bonds. The van der Waals surface area contributed by atoms with Crippen molar-refractivity contribution in [2.45, 2.75) is 18.7 Å². The Kier molecular flexibility index (Phi) is 5.54. The fraction of sp³-hybridized carbons (Fsp3) is 0.238. The van der Waals surface area contributed by atoms with Gasteiger partial charge in [-0.05, 0) is 31.2 Å². The van der Waals surface area contributed by atoms with Crippen molar-refractivity contribution in [1.29, 1.82) is 0 Å². The molecule has 0 radical (unpaired) electrons. The number of fused-ring (bicyclic) bond motifs is 2. The minimum Gasteiger partial charge on any atom is -0.493 e. The molecule has 4 aromatic rings. The first-order valence-electron chi connectivity index (χ1n) is 8.92. The summed E-state index contributed by atoms with van der Waals surface area (Å²) in [6.07, 6.45) is 0. The normalized spacial score (nSPS) is 12.4. The molecule has 1 unspecified atom stereocenters. The minimum absolute atomic E-state index is 0.0222. The Morgan fingerprint density at radius 2 is 2.14 bits per heavy atom. The summed E-state index contributed by atoms with van der Waals surface area (Å²) in [5.41, 5.74) is 1.72. The number of ether oxygens (including phenoxy) is 1. The highest BCUT2D eigenvalue weighted by molar-refractivity contribution is 7.99. The number of hydrogen-bond acceptors (Lipinski definition) is 6. The third kappa shape index (κ3) is 4.00. The maximum atomic E-state index is 12.3. The quantitative estimate of drug-likeness (QED) is 0.454. The van der Waals surface area contributed by atoms with E-state index in [1.165, 1.54) is 4.70 Å². The molecule has 0 fully saturated rings. The first kappa shape index (κ1) is 18.8. The van der Waals surface area contributed by atoms with Crippen LogP contribution in [0.3, 0.4) is 0 Å². The highest BCUT2D eigenvalue weighted by atomic mass is 32.2. The van der Waals surface area contributed by atoms with Gasteiger partial charge in [-0.25, -0.2) is 4.98 Å². The van der Waals surface area contributed by atoms with E-state index in [9.17, 15) is 4.79 Å². The maximum Gasteiger partial charge on any atom is 0.230 e. The lowest BCUT2D eigenvalue weighted by atomic mass is 10.2. The number of amides is 1. The van der Waals surface area contributed by atoms with Crippen molar-refractivity contribution in [1.82, 2.24) is 10.3 Å². The molecular weight excluding hydrogens is 392 g/mol. The van der Waals surface area contributed by atoms with Crippen LogP contribution in [0.2, 0.25) is 0 Å². The van der Waals surface area contributed by atoms with Crippen LogP contribution in [-0.2, 0) is 10.5 Å². The van der Waals surface area contributed by atoms with E-state index in [1.807, 2.05) is 49.4 Å². The van der Waals surface area contributed by atoms with Crippen LogP contribution in [0.5, 0.6) is 5.75 Å². The molecule has 2 aromatic carbocycles. The number of para-hydroxylation sites is 2. The number of rotatable bonds is 7. The number of thioether (sulfide) groups is 1. The van der Waals surface area contributed by atoms with Crippen molar-refractivity contribution in [2.24, 2.45) is 0 Å². The summed E-state index contributed by atoms with van der Waals surface area (Å²) in [6.45, 7) is 1.92. The average molecular weight is 413 g/mol. The largest absolute Gasteiger partial charge is 0.493 e. The lowest BCUT2D eigenvalue weighted by Crippen LogP contribution is -2.27. The lowest BCUT2D eigenvalue weighted by Gasteiger charge is -2.11. The molecule has 0 bridgehead atoms. The Hall–Kier alpha value is -2.51.